The molecule has 0 aliphatic heterocycles. The molecule has 2 rings (SSSR count). The lowest BCUT2D eigenvalue weighted by atomic mass is 10.2. The molecule has 0 saturated carbocycles. The number of halogens is 1. The Hall–Kier alpha value is -3.07. The van der Waals surface area contributed by atoms with Gasteiger partial charge in [-0.3, -0.25) is 9.59 Å². The van der Waals surface area contributed by atoms with Gasteiger partial charge < -0.3 is 19.5 Å². The number of hydrogen-bond acceptors (Lipinski definition) is 6. The number of ether oxygens (including phenoxy) is 3. The van der Waals surface area contributed by atoms with E-state index in [-0.39, 0.29) is 6.54 Å². The second kappa shape index (κ2) is 11.8. The minimum absolute atomic E-state index is 0.234. The van der Waals surface area contributed by atoms with Crippen LogP contribution in [0.5, 0.6) is 17.2 Å². The Bertz CT molecular complexity index is 918. The summed E-state index contributed by atoms with van der Waals surface area (Å²) in [5, 5.41) is 6.47. The molecule has 9 heteroatoms. The molecule has 0 spiro atoms. The van der Waals surface area contributed by atoms with Gasteiger partial charge in [-0.1, -0.05) is 22.9 Å². The average molecular weight is 478 g/mol. The SMILES string of the molecule is CCCOc1ccc(Br)cc1/C=N\NC(=O)CNC(=O)c1ccc(OC)c(OC)c1. The minimum Gasteiger partial charge on any atom is -0.493 e. The number of hydrazone groups is 1. The van der Waals surface area contributed by atoms with Gasteiger partial charge in [0.15, 0.2) is 11.5 Å². The van der Waals surface area contributed by atoms with Crippen molar-refractivity contribution in [3.8, 4) is 17.2 Å². The van der Waals surface area contributed by atoms with Crippen LogP contribution in [0.2, 0.25) is 0 Å². The van der Waals surface area contributed by atoms with Crippen molar-refractivity contribution in [2.75, 3.05) is 27.4 Å². The first-order chi connectivity index (χ1) is 14.5. The normalized spacial score (nSPS) is 10.5. The number of carbonyl (C=O) groups is 2. The third kappa shape index (κ3) is 6.77. The lowest BCUT2D eigenvalue weighted by Gasteiger charge is -2.10. The van der Waals surface area contributed by atoms with E-state index in [1.807, 2.05) is 25.1 Å². The van der Waals surface area contributed by atoms with E-state index in [0.29, 0.717) is 35.0 Å². The van der Waals surface area contributed by atoms with Gasteiger partial charge in [-0.05, 0) is 42.8 Å². The molecule has 0 heterocycles. The van der Waals surface area contributed by atoms with Crippen LogP contribution in [-0.4, -0.2) is 45.4 Å². The number of rotatable bonds is 10. The van der Waals surface area contributed by atoms with Crippen molar-refractivity contribution in [2.45, 2.75) is 13.3 Å². The van der Waals surface area contributed by atoms with E-state index in [0.717, 1.165) is 10.9 Å². The molecule has 2 aromatic rings. The summed E-state index contributed by atoms with van der Waals surface area (Å²) >= 11 is 3.40. The molecule has 0 saturated heterocycles. The Kier molecular flexibility index (Phi) is 9.14. The number of hydrogen-bond donors (Lipinski definition) is 2. The van der Waals surface area contributed by atoms with Crippen LogP contribution in [0.1, 0.15) is 29.3 Å². The van der Waals surface area contributed by atoms with E-state index < -0.39 is 11.8 Å². The number of nitrogens with one attached hydrogen (secondary N) is 2. The summed E-state index contributed by atoms with van der Waals surface area (Å²) < 4.78 is 16.8. The predicted molar refractivity (Wildman–Crippen MR) is 118 cm³/mol. The third-order valence-electron chi connectivity index (χ3n) is 3.88. The molecule has 2 aromatic carbocycles. The summed E-state index contributed by atoms with van der Waals surface area (Å²) in [6.07, 6.45) is 2.37. The molecule has 8 nitrogen and oxygen atoms in total. The van der Waals surface area contributed by atoms with Gasteiger partial charge in [0, 0.05) is 15.6 Å². The predicted octanol–water partition coefficient (Wildman–Crippen LogP) is 3.14. The van der Waals surface area contributed by atoms with Gasteiger partial charge in [-0.15, -0.1) is 0 Å². The van der Waals surface area contributed by atoms with Crippen molar-refractivity contribution in [3.63, 3.8) is 0 Å². The summed E-state index contributed by atoms with van der Waals surface area (Å²) in [6, 6.07) is 10.3. The number of nitrogens with zero attached hydrogens (tertiary/aromatic N) is 1. The zero-order chi connectivity index (χ0) is 21.9. The van der Waals surface area contributed by atoms with Gasteiger partial charge >= 0.3 is 0 Å². The summed E-state index contributed by atoms with van der Waals surface area (Å²) in [4.78, 5) is 24.2. The molecule has 0 fully saturated rings. The van der Waals surface area contributed by atoms with Crippen molar-refractivity contribution in [3.05, 3.63) is 52.0 Å². The van der Waals surface area contributed by atoms with Crippen molar-refractivity contribution < 1.29 is 23.8 Å². The first-order valence-corrected chi connectivity index (χ1v) is 10.0. The molecule has 0 aliphatic carbocycles. The average Bonchev–Trinajstić information content (AvgIpc) is 2.76. The number of carbonyl (C=O) groups excluding carboxylic acids is 2. The standard InChI is InChI=1S/C21H24BrN3O5/c1-4-9-30-17-8-6-16(22)10-15(17)12-24-25-20(26)13-23-21(27)14-5-7-18(28-2)19(11-14)29-3/h5-8,10-12H,4,9,13H2,1-3H3,(H,23,27)(H,25,26)/b24-12-. The van der Waals surface area contributed by atoms with Gasteiger partial charge in [0.25, 0.3) is 11.8 Å². The second-order valence-corrected chi connectivity index (χ2v) is 6.99. The molecule has 2 N–H and O–H groups in total. The van der Waals surface area contributed by atoms with Gasteiger partial charge in [0.1, 0.15) is 5.75 Å². The Morgan fingerprint density at radius 1 is 1.07 bits per heavy atom. The largest absolute Gasteiger partial charge is 0.493 e. The molecule has 2 amide bonds. The van der Waals surface area contributed by atoms with Gasteiger partial charge in [0.2, 0.25) is 0 Å². The molecule has 0 unspecified atom stereocenters. The Labute approximate surface area is 183 Å². The summed E-state index contributed by atoms with van der Waals surface area (Å²) in [7, 11) is 2.99. The fourth-order valence-electron chi connectivity index (χ4n) is 2.42. The smallest absolute Gasteiger partial charge is 0.259 e. The molecule has 0 aliphatic rings. The van der Waals surface area contributed by atoms with Gasteiger partial charge in [-0.25, -0.2) is 5.43 Å². The quantitative estimate of drug-likeness (QED) is 0.404. The van der Waals surface area contributed by atoms with Crippen molar-refractivity contribution in [1.29, 1.82) is 0 Å². The molecular formula is C21H24BrN3O5. The fourth-order valence-corrected chi connectivity index (χ4v) is 2.80. The van der Waals surface area contributed by atoms with E-state index in [4.69, 9.17) is 14.2 Å². The molecule has 0 radical (unpaired) electrons. The van der Waals surface area contributed by atoms with E-state index in [1.165, 1.54) is 26.5 Å². The van der Waals surface area contributed by atoms with Crippen molar-refractivity contribution in [2.24, 2.45) is 5.10 Å². The van der Waals surface area contributed by atoms with Crippen LogP contribution < -0.4 is 25.0 Å². The zero-order valence-corrected chi connectivity index (χ0v) is 18.6. The molecule has 0 atom stereocenters. The molecule has 30 heavy (non-hydrogen) atoms. The topological polar surface area (TPSA) is 98.2 Å². The van der Waals surface area contributed by atoms with E-state index >= 15 is 0 Å². The molecular weight excluding hydrogens is 454 g/mol. The van der Waals surface area contributed by atoms with Crippen LogP contribution in [0, 0.1) is 0 Å². The number of methoxy groups -OCH3 is 2. The van der Waals surface area contributed by atoms with Crippen molar-refractivity contribution >= 4 is 34.0 Å². The maximum absolute atomic E-state index is 12.2. The van der Waals surface area contributed by atoms with E-state index in [9.17, 15) is 9.59 Å². The van der Waals surface area contributed by atoms with E-state index in [2.05, 4.69) is 31.8 Å². The highest BCUT2D eigenvalue weighted by molar-refractivity contribution is 9.10. The third-order valence-corrected chi connectivity index (χ3v) is 4.37. The first-order valence-electron chi connectivity index (χ1n) is 9.23. The Morgan fingerprint density at radius 3 is 2.50 bits per heavy atom. The highest BCUT2D eigenvalue weighted by Gasteiger charge is 2.12. The zero-order valence-electron chi connectivity index (χ0n) is 17.0. The summed E-state index contributed by atoms with van der Waals surface area (Å²) in [5.41, 5.74) is 3.44. The highest BCUT2D eigenvalue weighted by Crippen LogP contribution is 2.27. The van der Waals surface area contributed by atoms with Gasteiger partial charge in [0.05, 0.1) is 33.6 Å². The second-order valence-electron chi connectivity index (χ2n) is 6.08. The van der Waals surface area contributed by atoms with Crippen LogP contribution in [0.25, 0.3) is 0 Å². The minimum atomic E-state index is -0.467. The molecule has 0 aromatic heterocycles. The van der Waals surface area contributed by atoms with Crippen LogP contribution in [0.4, 0.5) is 0 Å². The van der Waals surface area contributed by atoms with Crippen LogP contribution in [0.3, 0.4) is 0 Å². The Morgan fingerprint density at radius 2 is 1.80 bits per heavy atom. The highest BCUT2D eigenvalue weighted by atomic mass is 79.9. The lowest BCUT2D eigenvalue weighted by Crippen LogP contribution is -2.34. The van der Waals surface area contributed by atoms with Crippen LogP contribution in [-0.2, 0) is 4.79 Å². The summed E-state index contributed by atoms with van der Waals surface area (Å²) in [6.45, 7) is 2.36. The maximum atomic E-state index is 12.2. The summed E-state index contributed by atoms with van der Waals surface area (Å²) in [5.74, 6) is 0.716. The van der Waals surface area contributed by atoms with Crippen LogP contribution >= 0.6 is 15.9 Å². The van der Waals surface area contributed by atoms with E-state index in [1.54, 1.807) is 12.1 Å². The lowest BCUT2D eigenvalue weighted by molar-refractivity contribution is -0.120. The molecule has 0 bridgehead atoms. The Balaban J connectivity index is 1.91. The van der Waals surface area contributed by atoms with Crippen molar-refractivity contribution in [1.82, 2.24) is 10.7 Å². The van der Waals surface area contributed by atoms with Gasteiger partial charge in [-0.2, -0.15) is 5.10 Å². The maximum Gasteiger partial charge on any atom is 0.259 e. The van der Waals surface area contributed by atoms with Crippen LogP contribution in [0.15, 0.2) is 46.0 Å². The molecule has 160 valence electrons. The first kappa shape index (κ1) is 23.2. The fraction of sp³-hybridized carbons (Fsp3) is 0.286. The monoisotopic (exact) mass is 477 g/mol. The number of benzene rings is 2. The number of amides is 2.